The molecule has 8 rings (SSSR count). The number of amides is 2. The first-order valence-corrected chi connectivity index (χ1v) is 20.0. The highest BCUT2D eigenvalue weighted by Crippen LogP contribution is 2.89. The Hall–Kier alpha value is -2.07. The quantitative estimate of drug-likeness (QED) is 0.330. The molecular formula is C40H62N2O8. The number of aliphatic hydroxyl groups is 1. The molecule has 0 aromatic rings. The highest BCUT2D eigenvalue weighted by atomic mass is 16.6. The summed E-state index contributed by atoms with van der Waals surface area (Å²) >= 11 is 0. The molecular weight excluding hydrogens is 636 g/mol. The Morgan fingerprint density at radius 1 is 0.880 bits per heavy atom. The first kappa shape index (κ1) is 35.0. The van der Waals surface area contributed by atoms with Gasteiger partial charge in [-0.15, -0.1) is 0 Å². The molecule has 8 aliphatic rings. The maximum atomic E-state index is 13.3. The monoisotopic (exact) mass is 698 g/mol. The van der Waals surface area contributed by atoms with Gasteiger partial charge in [-0.3, -0.25) is 4.79 Å². The van der Waals surface area contributed by atoms with E-state index in [9.17, 15) is 24.6 Å². The number of ether oxygens (including phenoxy) is 3. The average molecular weight is 699 g/mol. The van der Waals surface area contributed by atoms with Crippen molar-refractivity contribution in [2.45, 2.75) is 143 Å². The van der Waals surface area contributed by atoms with E-state index in [0.29, 0.717) is 30.7 Å². The molecule has 14 atom stereocenters. The van der Waals surface area contributed by atoms with E-state index in [1.54, 1.807) is 9.80 Å². The van der Waals surface area contributed by atoms with Crippen LogP contribution < -0.4 is 0 Å². The van der Waals surface area contributed by atoms with Crippen LogP contribution in [0.1, 0.15) is 113 Å². The summed E-state index contributed by atoms with van der Waals surface area (Å²) in [4.78, 5) is 41.1. The zero-order valence-corrected chi connectivity index (χ0v) is 31.5. The number of likely N-dealkylation sites (tertiary alicyclic amines) is 2. The number of rotatable bonds is 5. The van der Waals surface area contributed by atoms with Crippen molar-refractivity contribution in [3.63, 3.8) is 0 Å². The predicted octanol–water partition coefficient (Wildman–Crippen LogP) is 6.58. The van der Waals surface area contributed by atoms with Gasteiger partial charge in [0.1, 0.15) is 12.2 Å². The van der Waals surface area contributed by atoms with Crippen LogP contribution in [0.4, 0.5) is 9.59 Å². The van der Waals surface area contributed by atoms with Crippen molar-refractivity contribution >= 4 is 18.2 Å². The number of aliphatic carboxylic acids is 1. The third-order valence-corrected chi connectivity index (χ3v) is 17.2. The van der Waals surface area contributed by atoms with Gasteiger partial charge >= 0.3 is 18.2 Å². The fourth-order valence-corrected chi connectivity index (χ4v) is 14.4. The molecule has 0 radical (unpaired) electrons. The number of carboxylic acids is 1. The molecule has 3 aliphatic heterocycles. The number of aliphatic hydroxyl groups excluding tert-OH is 1. The van der Waals surface area contributed by atoms with Gasteiger partial charge in [-0.05, 0) is 110 Å². The van der Waals surface area contributed by atoms with Crippen molar-refractivity contribution in [3.05, 3.63) is 0 Å². The van der Waals surface area contributed by atoms with Crippen molar-refractivity contribution in [2.24, 2.45) is 62.6 Å². The lowest BCUT2D eigenvalue weighted by atomic mass is 9.41. The van der Waals surface area contributed by atoms with Gasteiger partial charge in [-0.2, -0.15) is 0 Å². The molecule has 0 bridgehead atoms. The second-order valence-corrected chi connectivity index (χ2v) is 19.6. The van der Waals surface area contributed by atoms with Gasteiger partial charge in [0.05, 0.1) is 24.2 Å². The maximum Gasteiger partial charge on any atom is 0.410 e. The normalized spacial score (nSPS) is 49.0. The Bertz CT molecular complexity index is 1420. The standard InChI is InChI=1S/C40H62N2O8/c1-22(2)30(50-34(46)41-16-8-17-41)25-19-23(3)29-31(48-25)32(43)38(7)27-10-9-26-36(4,5)28(49-35(47)42-18-12-24(20-42)33(44)45)11-13-39(26)21-40(27,39)15-14-37(29,38)6/h22-32,43H,8-21H2,1-7H3,(H,44,45)/t23-,24+,25?,26+,27?,28+,29+,30-,31?,32+,37-,38-,39-,40+/m1/s1. The summed E-state index contributed by atoms with van der Waals surface area (Å²) in [6.07, 6.45) is 7.57. The zero-order valence-electron chi connectivity index (χ0n) is 31.5. The average Bonchev–Trinajstić information content (AvgIpc) is 3.32. The molecule has 3 unspecified atom stereocenters. The molecule has 3 saturated heterocycles. The minimum absolute atomic E-state index is 0.0541. The van der Waals surface area contributed by atoms with Crippen LogP contribution in [0.3, 0.4) is 0 Å². The summed E-state index contributed by atoms with van der Waals surface area (Å²) in [6, 6.07) is 0. The number of fused-ring (bicyclic) bond motifs is 4. The molecule has 5 saturated carbocycles. The minimum Gasteiger partial charge on any atom is -0.481 e. The smallest absolute Gasteiger partial charge is 0.410 e. The minimum atomic E-state index is -0.844. The van der Waals surface area contributed by atoms with Gasteiger partial charge in [0.15, 0.2) is 0 Å². The molecule has 2 spiro atoms. The first-order chi connectivity index (χ1) is 23.5. The van der Waals surface area contributed by atoms with Gasteiger partial charge in [0.2, 0.25) is 0 Å². The van der Waals surface area contributed by atoms with Crippen LogP contribution in [0.5, 0.6) is 0 Å². The number of carboxylic acid groups (broad SMARTS) is 1. The van der Waals surface area contributed by atoms with Crippen LogP contribution in [0, 0.1) is 62.6 Å². The van der Waals surface area contributed by atoms with Crippen LogP contribution in [0.15, 0.2) is 0 Å². The number of hydrogen-bond acceptors (Lipinski definition) is 7. The van der Waals surface area contributed by atoms with E-state index in [0.717, 1.165) is 58.0 Å². The van der Waals surface area contributed by atoms with Gasteiger partial charge in [-0.1, -0.05) is 48.5 Å². The molecule has 3 heterocycles. The largest absolute Gasteiger partial charge is 0.481 e. The molecule has 10 heteroatoms. The van der Waals surface area contributed by atoms with Crippen LogP contribution in [-0.2, 0) is 19.0 Å². The summed E-state index contributed by atoms with van der Waals surface area (Å²) in [5, 5.41) is 22.1. The van der Waals surface area contributed by atoms with Crippen LogP contribution >= 0.6 is 0 Å². The SMILES string of the molecule is CC(C)[C@@H](OC(=O)N1CCC1)C1C[C@@H](C)[C@H]2C(O1)[C@H](O)[C@@]1(C)C3CC[C@H]4C(C)(C)[C@@H](OC(=O)N5CC[C@H](C(=O)O)C5)CC[C@@]45C[C@@]35CC[C@]21C. The lowest BCUT2D eigenvalue weighted by Gasteiger charge is -2.63. The van der Waals surface area contributed by atoms with E-state index in [1.807, 2.05) is 0 Å². The summed E-state index contributed by atoms with van der Waals surface area (Å²) in [6.45, 7) is 18.2. The Morgan fingerprint density at radius 3 is 2.22 bits per heavy atom. The Balaban J connectivity index is 1.01. The van der Waals surface area contributed by atoms with E-state index in [4.69, 9.17) is 14.2 Å². The number of carbonyl (C=O) groups is 3. The summed E-state index contributed by atoms with van der Waals surface area (Å²) in [5.41, 5.74) is -0.150. The van der Waals surface area contributed by atoms with Gasteiger partial charge in [0.25, 0.3) is 0 Å². The highest BCUT2D eigenvalue weighted by Gasteiger charge is 2.84. The van der Waals surface area contributed by atoms with E-state index < -0.39 is 18.0 Å². The third-order valence-electron chi connectivity index (χ3n) is 17.2. The van der Waals surface area contributed by atoms with E-state index >= 15 is 0 Å². The Labute approximate surface area is 298 Å². The number of hydrogen-bond donors (Lipinski definition) is 2. The summed E-state index contributed by atoms with van der Waals surface area (Å²) in [5.74, 6) is 0.183. The molecule has 0 aromatic carbocycles. The molecule has 0 aromatic heterocycles. The maximum absolute atomic E-state index is 13.3. The van der Waals surface area contributed by atoms with Crippen LogP contribution in [-0.4, -0.2) is 94.9 Å². The fourth-order valence-electron chi connectivity index (χ4n) is 14.4. The lowest BCUT2D eigenvalue weighted by molar-refractivity contribution is -0.185. The number of nitrogens with zero attached hydrogens (tertiary/aromatic N) is 2. The first-order valence-electron chi connectivity index (χ1n) is 20.0. The van der Waals surface area contributed by atoms with Crippen LogP contribution in [0.25, 0.3) is 0 Å². The molecule has 2 N–H and O–H groups in total. The summed E-state index contributed by atoms with van der Waals surface area (Å²) in [7, 11) is 0. The number of carbonyl (C=O) groups excluding carboxylic acids is 2. The van der Waals surface area contributed by atoms with Crippen molar-refractivity contribution in [1.82, 2.24) is 9.80 Å². The molecule has 280 valence electrons. The lowest BCUT2D eigenvalue weighted by Crippen LogP contribution is -2.60. The Kier molecular flexibility index (Phi) is 8.02. The topological polar surface area (TPSA) is 126 Å². The van der Waals surface area contributed by atoms with Crippen molar-refractivity contribution in [1.29, 1.82) is 0 Å². The van der Waals surface area contributed by atoms with Crippen LogP contribution in [0.2, 0.25) is 0 Å². The van der Waals surface area contributed by atoms with Crippen molar-refractivity contribution < 1.29 is 38.8 Å². The van der Waals surface area contributed by atoms with E-state index in [2.05, 4.69) is 48.5 Å². The zero-order chi connectivity index (χ0) is 35.8. The van der Waals surface area contributed by atoms with E-state index in [1.165, 1.54) is 12.8 Å². The predicted molar refractivity (Wildman–Crippen MR) is 185 cm³/mol. The molecule has 50 heavy (non-hydrogen) atoms. The second kappa shape index (κ2) is 11.5. The van der Waals surface area contributed by atoms with Gasteiger partial charge in [-0.25, -0.2) is 9.59 Å². The van der Waals surface area contributed by atoms with E-state index in [-0.39, 0.29) is 82.1 Å². The molecule has 5 aliphatic carbocycles. The third kappa shape index (κ3) is 4.54. The van der Waals surface area contributed by atoms with Crippen molar-refractivity contribution in [3.8, 4) is 0 Å². The fraction of sp³-hybridized carbons (Fsp3) is 0.925. The molecule has 2 amide bonds. The van der Waals surface area contributed by atoms with Crippen molar-refractivity contribution in [2.75, 3.05) is 26.2 Å². The molecule has 10 nitrogen and oxygen atoms in total. The Morgan fingerprint density at radius 2 is 1.58 bits per heavy atom. The van der Waals surface area contributed by atoms with Gasteiger partial charge in [0, 0.05) is 37.0 Å². The van der Waals surface area contributed by atoms with Gasteiger partial charge < -0.3 is 34.2 Å². The summed E-state index contributed by atoms with van der Waals surface area (Å²) < 4.78 is 19.4. The highest BCUT2D eigenvalue weighted by molar-refractivity contribution is 5.74. The molecule has 8 fully saturated rings. The second-order valence-electron chi connectivity index (χ2n) is 19.6.